The highest BCUT2D eigenvalue weighted by Crippen LogP contribution is 2.38. The number of carbonyl (C=O) groups is 1. The number of para-hydroxylation sites is 1. The fourth-order valence-corrected chi connectivity index (χ4v) is 2.22. The van der Waals surface area contributed by atoms with Crippen LogP contribution in [-0.2, 0) is 0 Å². The maximum atomic E-state index is 11.1. The van der Waals surface area contributed by atoms with Crippen molar-refractivity contribution in [3.8, 4) is 22.6 Å². The van der Waals surface area contributed by atoms with E-state index < -0.39 is 5.97 Å². The Bertz CT molecular complexity index is 652. The lowest BCUT2D eigenvalue weighted by Crippen LogP contribution is -1.98. The summed E-state index contributed by atoms with van der Waals surface area (Å²) in [6.45, 7) is 0. The van der Waals surface area contributed by atoms with Gasteiger partial charge in [0.15, 0.2) is 11.5 Å². The minimum absolute atomic E-state index is 0.123. The molecule has 104 valence electrons. The number of rotatable bonds is 4. The Morgan fingerprint density at radius 1 is 1.15 bits per heavy atom. The number of carboxylic acids is 1. The molecule has 0 aliphatic heterocycles. The molecule has 0 heterocycles. The summed E-state index contributed by atoms with van der Waals surface area (Å²) >= 11 is 5.98. The van der Waals surface area contributed by atoms with Crippen LogP contribution in [0.25, 0.3) is 11.1 Å². The molecule has 0 saturated heterocycles. The second kappa shape index (κ2) is 5.84. The second-order valence-corrected chi connectivity index (χ2v) is 4.51. The lowest BCUT2D eigenvalue weighted by atomic mass is 10.0. The van der Waals surface area contributed by atoms with Gasteiger partial charge in [-0.3, -0.25) is 0 Å². The molecule has 0 bridgehead atoms. The average Bonchev–Trinajstić information content (AvgIpc) is 2.45. The summed E-state index contributed by atoms with van der Waals surface area (Å²) in [6.07, 6.45) is 0. The molecular formula is C15H13ClO4. The van der Waals surface area contributed by atoms with Crippen molar-refractivity contribution in [1.29, 1.82) is 0 Å². The van der Waals surface area contributed by atoms with Crippen molar-refractivity contribution in [3.05, 3.63) is 47.0 Å². The normalized spacial score (nSPS) is 10.2. The molecule has 2 aromatic carbocycles. The van der Waals surface area contributed by atoms with Gasteiger partial charge in [0.2, 0.25) is 0 Å². The van der Waals surface area contributed by atoms with E-state index >= 15 is 0 Å². The van der Waals surface area contributed by atoms with Gasteiger partial charge >= 0.3 is 5.97 Å². The standard InChI is InChI=1S/C15H13ClO4/c1-19-13-5-3-4-12(14(13)20-2)9-6-10(15(17)18)8-11(16)7-9/h3-8H,1-2H3,(H,17,18). The second-order valence-electron chi connectivity index (χ2n) is 4.07. The minimum atomic E-state index is -1.03. The van der Waals surface area contributed by atoms with Gasteiger partial charge in [-0.2, -0.15) is 0 Å². The Morgan fingerprint density at radius 2 is 1.90 bits per heavy atom. The first-order valence-electron chi connectivity index (χ1n) is 5.82. The number of aromatic carboxylic acids is 1. The van der Waals surface area contributed by atoms with Gasteiger partial charge in [0.25, 0.3) is 0 Å². The molecule has 0 amide bonds. The summed E-state index contributed by atoms with van der Waals surface area (Å²) in [6, 6.07) is 10.0. The van der Waals surface area contributed by atoms with E-state index in [2.05, 4.69) is 0 Å². The van der Waals surface area contributed by atoms with E-state index in [4.69, 9.17) is 26.2 Å². The zero-order chi connectivity index (χ0) is 14.7. The molecule has 0 aliphatic rings. The SMILES string of the molecule is COc1cccc(-c2cc(Cl)cc(C(=O)O)c2)c1OC. The van der Waals surface area contributed by atoms with Gasteiger partial charge in [-0.15, -0.1) is 0 Å². The van der Waals surface area contributed by atoms with E-state index in [0.29, 0.717) is 22.1 Å². The number of hydrogen-bond acceptors (Lipinski definition) is 3. The summed E-state index contributed by atoms with van der Waals surface area (Å²) in [5.41, 5.74) is 1.50. The van der Waals surface area contributed by atoms with E-state index in [0.717, 1.165) is 5.56 Å². The Hall–Kier alpha value is -2.20. The maximum absolute atomic E-state index is 11.1. The first-order valence-corrected chi connectivity index (χ1v) is 6.20. The lowest BCUT2D eigenvalue weighted by Gasteiger charge is -2.13. The van der Waals surface area contributed by atoms with Crippen LogP contribution in [0, 0.1) is 0 Å². The van der Waals surface area contributed by atoms with E-state index in [1.807, 2.05) is 6.07 Å². The fraction of sp³-hybridized carbons (Fsp3) is 0.133. The van der Waals surface area contributed by atoms with Crippen LogP contribution in [0.3, 0.4) is 0 Å². The predicted octanol–water partition coefficient (Wildman–Crippen LogP) is 3.72. The van der Waals surface area contributed by atoms with Crippen LogP contribution in [0.4, 0.5) is 0 Å². The molecule has 1 N–H and O–H groups in total. The molecule has 0 aromatic heterocycles. The van der Waals surface area contributed by atoms with Gasteiger partial charge in [0.1, 0.15) is 0 Å². The van der Waals surface area contributed by atoms with Crippen LogP contribution < -0.4 is 9.47 Å². The summed E-state index contributed by atoms with van der Waals surface area (Å²) in [7, 11) is 3.08. The van der Waals surface area contributed by atoms with Crippen molar-refractivity contribution >= 4 is 17.6 Å². The van der Waals surface area contributed by atoms with Gasteiger partial charge < -0.3 is 14.6 Å². The quantitative estimate of drug-likeness (QED) is 0.933. The summed E-state index contributed by atoms with van der Waals surface area (Å²) in [5.74, 6) is 0.0751. The first kappa shape index (κ1) is 14.2. The first-order chi connectivity index (χ1) is 9.56. The summed E-state index contributed by atoms with van der Waals surface area (Å²) in [4.78, 5) is 11.1. The maximum Gasteiger partial charge on any atom is 0.335 e. The van der Waals surface area contributed by atoms with Gasteiger partial charge in [-0.1, -0.05) is 23.7 Å². The third kappa shape index (κ3) is 2.70. The van der Waals surface area contributed by atoms with Crippen molar-refractivity contribution in [2.24, 2.45) is 0 Å². The summed E-state index contributed by atoms with van der Waals surface area (Å²) in [5, 5.41) is 9.44. The molecule has 20 heavy (non-hydrogen) atoms. The lowest BCUT2D eigenvalue weighted by molar-refractivity contribution is 0.0697. The van der Waals surface area contributed by atoms with Gasteiger partial charge in [-0.05, 0) is 29.8 Å². The molecule has 0 saturated carbocycles. The van der Waals surface area contributed by atoms with Crippen LogP contribution in [0.15, 0.2) is 36.4 Å². The average molecular weight is 293 g/mol. The number of carboxylic acid groups (broad SMARTS) is 1. The highest BCUT2D eigenvalue weighted by Gasteiger charge is 2.14. The molecule has 2 aromatic rings. The van der Waals surface area contributed by atoms with E-state index in [9.17, 15) is 4.79 Å². The molecule has 2 rings (SSSR count). The van der Waals surface area contributed by atoms with E-state index in [1.54, 1.807) is 31.4 Å². The smallest absolute Gasteiger partial charge is 0.335 e. The largest absolute Gasteiger partial charge is 0.493 e. The highest BCUT2D eigenvalue weighted by molar-refractivity contribution is 6.31. The fourth-order valence-electron chi connectivity index (χ4n) is 1.98. The van der Waals surface area contributed by atoms with Crippen LogP contribution in [-0.4, -0.2) is 25.3 Å². The van der Waals surface area contributed by atoms with Crippen LogP contribution >= 0.6 is 11.6 Å². The monoisotopic (exact) mass is 292 g/mol. The highest BCUT2D eigenvalue weighted by atomic mass is 35.5. The predicted molar refractivity (Wildman–Crippen MR) is 77.0 cm³/mol. The van der Waals surface area contributed by atoms with Crippen LogP contribution in [0.1, 0.15) is 10.4 Å². The molecule has 0 radical (unpaired) electrons. The number of methoxy groups -OCH3 is 2. The Balaban J connectivity index is 2.65. The van der Waals surface area contributed by atoms with Crippen molar-refractivity contribution in [2.75, 3.05) is 14.2 Å². The van der Waals surface area contributed by atoms with E-state index in [1.165, 1.54) is 13.2 Å². The Kier molecular flexibility index (Phi) is 4.15. The zero-order valence-electron chi connectivity index (χ0n) is 11.0. The van der Waals surface area contributed by atoms with Crippen molar-refractivity contribution in [2.45, 2.75) is 0 Å². The molecule has 4 nitrogen and oxygen atoms in total. The Labute approximate surface area is 121 Å². The van der Waals surface area contributed by atoms with E-state index in [-0.39, 0.29) is 5.56 Å². The van der Waals surface area contributed by atoms with Crippen molar-refractivity contribution in [1.82, 2.24) is 0 Å². The number of ether oxygens (including phenoxy) is 2. The van der Waals surface area contributed by atoms with Crippen molar-refractivity contribution in [3.63, 3.8) is 0 Å². The molecule has 0 spiro atoms. The van der Waals surface area contributed by atoms with Crippen molar-refractivity contribution < 1.29 is 19.4 Å². The molecule has 0 atom stereocenters. The molecule has 0 fully saturated rings. The van der Waals surface area contributed by atoms with Gasteiger partial charge in [0.05, 0.1) is 19.8 Å². The van der Waals surface area contributed by atoms with Crippen LogP contribution in [0.2, 0.25) is 5.02 Å². The van der Waals surface area contributed by atoms with Gasteiger partial charge in [-0.25, -0.2) is 4.79 Å². The molecule has 0 aliphatic carbocycles. The Morgan fingerprint density at radius 3 is 2.50 bits per heavy atom. The molecular weight excluding hydrogens is 280 g/mol. The number of halogens is 1. The number of benzene rings is 2. The minimum Gasteiger partial charge on any atom is -0.493 e. The molecule has 0 unspecified atom stereocenters. The summed E-state index contributed by atoms with van der Waals surface area (Å²) < 4.78 is 10.6. The number of hydrogen-bond donors (Lipinski definition) is 1. The third-order valence-electron chi connectivity index (χ3n) is 2.86. The zero-order valence-corrected chi connectivity index (χ0v) is 11.8. The topological polar surface area (TPSA) is 55.8 Å². The third-order valence-corrected chi connectivity index (χ3v) is 3.08. The molecule has 5 heteroatoms. The van der Waals surface area contributed by atoms with Gasteiger partial charge in [0, 0.05) is 10.6 Å². The van der Waals surface area contributed by atoms with Crippen LogP contribution in [0.5, 0.6) is 11.5 Å².